The molecule has 1 amide bonds. The molecule has 2 rings (SSSR count). The smallest absolute Gasteiger partial charge is 0.251 e. The topological polar surface area (TPSA) is 54.9 Å². The van der Waals surface area contributed by atoms with Gasteiger partial charge >= 0.3 is 0 Å². The number of aryl methyl sites for hydroxylation is 2. The van der Waals surface area contributed by atoms with Gasteiger partial charge in [-0.05, 0) is 39.0 Å². The van der Waals surface area contributed by atoms with Gasteiger partial charge in [0.1, 0.15) is 0 Å². The highest BCUT2D eigenvalue weighted by molar-refractivity contribution is 5.97. The van der Waals surface area contributed by atoms with E-state index in [-0.39, 0.29) is 5.91 Å². The van der Waals surface area contributed by atoms with Gasteiger partial charge in [-0.1, -0.05) is 0 Å². The standard InChI is InChI=1S/C13H15N3O/c1-4-14-13(17)10-5-6-11-12(7-10)16-9(3)8(2)15-11/h5-7H,4H2,1-3H3,(H,14,17). The average Bonchev–Trinajstić information content (AvgIpc) is 2.30. The zero-order valence-corrected chi connectivity index (χ0v) is 10.2. The quantitative estimate of drug-likeness (QED) is 0.856. The molecular formula is C13H15N3O. The molecule has 2 aromatic rings. The summed E-state index contributed by atoms with van der Waals surface area (Å²) in [6, 6.07) is 5.38. The van der Waals surface area contributed by atoms with E-state index in [1.54, 1.807) is 12.1 Å². The van der Waals surface area contributed by atoms with Gasteiger partial charge in [-0.3, -0.25) is 4.79 Å². The van der Waals surface area contributed by atoms with Gasteiger partial charge in [0.05, 0.1) is 22.4 Å². The molecule has 4 nitrogen and oxygen atoms in total. The Kier molecular flexibility index (Phi) is 3.04. The molecule has 0 aliphatic heterocycles. The number of carbonyl (C=O) groups is 1. The molecule has 0 aliphatic rings. The van der Waals surface area contributed by atoms with Crippen LogP contribution in [0.4, 0.5) is 0 Å². The van der Waals surface area contributed by atoms with Gasteiger partial charge in [0.15, 0.2) is 0 Å². The van der Waals surface area contributed by atoms with E-state index >= 15 is 0 Å². The third-order valence-corrected chi connectivity index (χ3v) is 2.67. The lowest BCUT2D eigenvalue weighted by atomic mass is 10.1. The Labute approximate surface area is 100 Å². The molecule has 0 unspecified atom stereocenters. The van der Waals surface area contributed by atoms with E-state index in [0.717, 1.165) is 22.4 Å². The van der Waals surface area contributed by atoms with Crippen molar-refractivity contribution in [3.63, 3.8) is 0 Å². The van der Waals surface area contributed by atoms with Crippen molar-refractivity contribution in [2.45, 2.75) is 20.8 Å². The van der Waals surface area contributed by atoms with E-state index in [1.807, 2.05) is 26.8 Å². The van der Waals surface area contributed by atoms with Crippen LogP contribution in [-0.2, 0) is 0 Å². The molecule has 0 atom stereocenters. The lowest BCUT2D eigenvalue weighted by Gasteiger charge is -2.05. The maximum absolute atomic E-state index is 11.7. The molecule has 17 heavy (non-hydrogen) atoms. The first kappa shape index (κ1) is 11.5. The summed E-state index contributed by atoms with van der Waals surface area (Å²) in [4.78, 5) is 20.5. The van der Waals surface area contributed by atoms with Crippen molar-refractivity contribution in [2.75, 3.05) is 6.54 Å². The summed E-state index contributed by atoms with van der Waals surface area (Å²) < 4.78 is 0. The zero-order chi connectivity index (χ0) is 12.4. The zero-order valence-electron chi connectivity index (χ0n) is 10.2. The minimum absolute atomic E-state index is 0.0746. The highest BCUT2D eigenvalue weighted by Gasteiger charge is 2.07. The summed E-state index contributed by atoms with van der Waals surface area (Å²) in [6.07, 6.45) is 0. The van der Waals surface area contributed by atoms with E-state index < -0.39 is 0 Å². The van der Waals surface area contributed by atoms with Crippen molar-refractivity contribution in [3.05, 3.63) is 35.2 Å². The molecule has 0 spiro atoms. The summed E-state index contributed by atoms with van der Waals surface area (Å²) in [5, 5.41) is 2.77. The summed E-state index contributed by atoms with van der Waals surface area (Å²) in [5.41, 5.74) is 4.02. The first-order valence-electron chi connectivity index (χ1n) is 5.65. The number of amides is 1. The molecule has 0 fully saturated rings. The Morgan fingerprint density at radius 1 is 1.18 bits per heavy atom. The summed E-state index contributed by atoms with van der Waals surface area (Å²) >= 11 is 0. The fourth-order valence-corrected chi connectivity index (χ4v) is 1.63. The number of nitrogens with one attached hydrogen (secondary N) is 1. The molecule has 1 heterocycles. The third-order valence-electron chi connectivity index (χ3n) is 2.67. The van der Waals surface area contributed by atoms with Gasteiger partial charge in [0.25, 0.3) is 5.91 Å². The fourth-order valence-electron chi connectivity index (χ4n) is 1.63. The van der Waals surface area contributed by atoms with Crippen LogP contribution in [0.1, 0.15) is 28.7 Å². The van der Waals surface area contributed by atoms with Crippen LogP contribution in [0.5, 0.6) is 0 Å². The van der Waals surface area contributed by atoms with Crippen LogP contribution in [0.15, 0.2) is 18.2 Å². The Morgan fingerprint density at radius 3 is 2.47 bits per heavy atom. The molecule has 1 N–H and O–H groups in total. The highest BCUT2D eigenvalue weighted by atomic mass is 16.1. The van der Waals surface area contributed by atoms with Crippen molar-refractivity contribution in [1.29, 1.82) is 0 Å². The number of aromatic nitrogens is 2. The minimum Gasteiger partial charge on any atom is -0.352 e. The maximum atomic E-state index is 11.7. The predicted octanol–water partition coefficient (Wildman–Crippen LogP) is 2.00. The van der Waals surface area contributed by atoms with Crippen LogP contribution >= 0.6 is 0 Å². The third kappa shape index (κ3) is 2.25. The monoisotopic (exact) mass is 229 g/mol. The molecule has 0 saturated heterocycles. The van der Waals surface area contributed by atoms with E-state index in [1.165, 1.54) is 0 Å². The Bertz CT molecular complexity index is 578. The average molecular weight is 229 g/mol. The van der Waals surface area contributed by atoms with Crippen molar-refractivity contribution < 1.29 is 4.79 Å². The molecule has 0 radical (unpaired) electrons. The first-order valence-corrected chi connectivity index (χ1v) is 5.65. The van der Waals surface area contributed by atoms with Crippen molar-refractivity contribution >= 4 is 16.9 Å². The largest absolute Gasteiger partial charge is 0.352 e. The first-order chi connectivity index (χ1) is 8.11. The molecule has 88 valence electrons. The van der Waals surface area contributed by atoms with Crippen molar-refractivity contribution in [1.82, 2.24) is 15.3 Å². The number of hydrogen-bond donors (Lipinski definition) is 1. The molecule has 1 aromatic heterocycles. The van der Waals surface area contributed by atoms with E-state index in [4.69, 9.17) is 0 Å². The van der Waals surface area contributed by atoms with Crippen LogP contribution in [0, 0.1) is 13.8 Å². The lowest BCUT2D eigenvalue weighted by molar-refractivity contribution is 0.0956. The van der Waals surface area contributed by atoms with Crippen molar-refractivity contribution in [2.24, 2.45) is 0 Å². The van der Waals surface area contributed by atoms with Gasteiger partial charge in [0.2, 0.25) is 0 Å². The molecule has 0 aliphatic carbocycles. The van der Waals surface area contributed by atoms with Crippen LogP contribution in [0.25, 0.3) is 11.0 Å². The second kappa shape index (κ2) is 4.49. The second-order valence-electron chi connectivity index (χ2n) is 3.96. The number of rotatable bonds is 2. The van der Waals surface area contributed by atoms with Gasteiger partial charge in [0, 0.05) is 12.1 Å². The number of carbonyl (C=O) groups excluding carboxylic acids is 1. The number of hydrogen-bond acceptors (Lipinski definition) is 3. The summed E-state index contributed by atoms with van der Waals surface area (Å²) in [6.45, 7) is 6.36. The summed E-state index contributed by atoms with van der Waals surface area (Å²) in [5.74, 6) is -0.0746. The molecule has 1 aromatic carbocycles. The van der Waals surface area contributed by atoms with Gasteiger partial charge in [-0.25, -0.2) is 9.97 Å². The van der Waals surface area contributed by atoms with Crippen LogP contribution < -0.4 is 5.32 Å². The molecular weight excluding hydrogens is 214 g/mol. The van der Waals surface area contributed by atoms with E-state index in [9.17, 15) is 4.79 Å². The SMILES string of the molecule is CCNC(=O)c1ccc2nc(C)c(C)nc2c1. The Balaban J connectivity index is 2.50. The van der Waals surface area contributed by atoms with Crippen molar-refractivity contribution in [3.8, 4) is 0 Å². The van der Waals surface area contributed by atoms with E-state index in [2.05, 4.69) is 15.3 Å². The Hall–Kier alpha value is -1.97. The van der Waals surface area contributed by atoms with Gasteiger partial charge < -0.3 is 5.32 Å². The maximum Gasteiger partial charge on any atom is 0.251 e. The van der Waals surface area contributed by atoms with Crippen LogP contribution in [0.2, 0.25) is 0 Å². The number of fused-ring (bicyclic) bond motifs is 1. The van der Waals surface area contributed by atoms with Gasteiger partial charge in [-0.15, -0.1) is 0 Å². The summed E-state index contributed by atoms with van der Waals surface area (Å²) in [7, 11) is 0. The van der Waals surface area contributed by atoms with Crippen LogP contribution in [-0.4, -0.2) is 22.4 Å². The molecule has 0 saturated carbocycles. The number of nitrogens with zero attached hydrogens (tertiary/aromatic N) is 2. The fraction of sp³-hybridized carbons (Fsp3) is 0.308. The van der Waals surface area contributed by atoms with Gasteiger partial charge in [-0.2, -0.15) is 0 Å². The Morgan fingerprint density at radius 2 is 1.82 bits per heavy atom. The number of benzene rings is 1. The second-order valence-corrected chi connectivity index (χ2v) is 3.96. The minimum atomic E-state index is -0.0746. The molecule has 4 heteroatoms. The highest BCUT2D eigenvalue weighted by Crippen LogP contribution is 2.14. The normalized spacial score (nSPS) is 10.5. The van der Waals surface area contributed by atoms with E-state index in [0.29, 0.717) is 12.1 Å². The lowest BCUT2D eigenvalue weighted by Crippen LogP contribution is -2.22. The van der Waals surface area contributed by atoms with Crippen LogP contribution in [0.3, 0.4) is 0 Å². The predicted molar refractivity (Wildman–Crippen MR) is 67.0 cm³/mol. The molecule has 0 bridgehead atoms.